The van der Waals surface area contributed by atoms with Crippen LogP contribution in [-0.4, -0.2) is 0 Å². The lowest BCUT2D eigenvalue weighted by molar-refractivity contribution is 1.41. The molecule has 0 N–H and O–H groups in total. The largest absolute Gasteiger partial charge is 0.152 e. The van der Waals surface area contributed by atoms with Crippen LogP contribution in [0.2, 0.25) is 0 Å². The maximum Gasteiger partial charge on any atom is -0.00613 e. The zero-order valence-electron chi connectivity index (χ0n) is 8.56. The third kappa shape index (κ3) is 6.11. The number of aryl methyl sites for hydroxylation is 2. The van der Waals surface area contributed by atoms with E-state index in [1.54, 1.807) is 11.3 Å². The number of hydrogen-bond acceptors (Lipinski definition) is 1. The molecule has 0 fully saturated rings. The Morgan fingerprint density at radius 2 is 1.09 bits per heavy atom. The van der Waals surface area contributed by atoms with Gasteiger partial charge < -0.3 is 0 Å². The van der Waals surface area contributed by atoms with Gasteiger partial charge >= 0.3 is 0 Å². The summed E-state index contributed by atoms with van der Waals surface area (Å²) >= 11 is 1.77. The molecule has 0 radical (unpaired) electrons. The average Bonchev–Trinajstić information content (AvgIpc) is 2.44. The zero-order valence-corrected chi connectivity index (χ0v) is 9.38. The second-order valence-corrected chi connectivity index (χ2v) is 2.48. The Bertz CT molecular complexity index is 137. The van der Waals surface area contributed by atoms with E-state index >= 15 is 0 Å². The molecule has 0 amide bonds. The van der Waals surface area contributed by atoms with E-state index in [-0.39, 0.29) is 0 Å². The first-order chi connectivity index (χ1) is 5.30. The molecule has 1 heteroatoms. The summed E-state index contributed by atoms with van der Waals surface area (Å²) in [6.45, 7) is 12.3. The van der Waals surface area contributed by atoms with Gasteiger partial charge in [0.15, 0.2) is 0 Å². The molecular formula is C10H20S. The third-order valence-electron chi connectivity index (χ3n) is 1.11. The minimum atomic E-state index is 1.41. The van der Waals surface area contributed by atoms with Crippen LogP contribution in [0, 0.1) is 13.8 Å². The van der Waals surface area contributed by atoms with Gasteiger partial charge in [0.2, 0.25) is 0 Å². The van der Waals surface area contributed by atoms with Gasteiger partial charge in [-0.2, -0.15) is 11.3 Å². The zero-order chi connectivity index (χ0) is 9.28. The van der Waals surface area contributed by atoms with Crippen molar-refractivity contribution in [1.82, 2.24) is 0 Å². The Balaban J connectivity index is 0. The summed E-state index contributed by atoms with van der Waals surface area (Å²) < 4.78 is 0. The summed E-state index contributed by atoms with van der Waals surface area (Å²) in [7, 11) is 0. The normalized spacial score (nSPS) is 7.09. The molecule has 1 rings (SSSR count). The van der Waals surface area contributed by atoms with Crippen molar-refractivity contribution in [2.24, 2.45) is 0 Å². The van der Waals surface area contributed by atoms with Gasteiger partial charge in [-0.25, -0.2) is 0 Å². The van der Waals surface area contributed by atoms with Crippen molar-refractivity contribution < 1.29 is 0 Å². The maximum absolute atomic E-state index is 2.16. The summed E-state index contributed by atoms with van der Waals surface area (Å²) in [5.74, 6) is 0. The van der Waals surface area contributed by atoms with Gasteiger partial charge in [0, 0.05) is 0 Å². The second kappa shape index (κ2) is 9.70. The highest BCUT2D eigenvalue weighted by Gasteiger charge is 1.86. The molecule has 0 nitrogen and oxygen atoms in total. The van der Waals surface area contributed by atoms with Crippen LogP contribution in [0.25, 0.3) is 0 Å². The van der Waals surface area contributed by atoms with E-state index in [2.05, 4.69) is 24.6 Å². The maximum atomic E-state index is 2.16. The lowest BCUT2D eigenvalue weighted by Crippen LogP contribution is -1.63. The summed E-state index contributed by atoms with van der Waals surface area (Å²) in [6.07, 6.45) is 0. The van der Waals surface area contributed by atoms with Crippen molar-refractivity contribution in [3.63, 3.8) is 0 Å². The van der Waals surface area contributed by atoms with E-state index in [9.17, 15) is 0 Å². The van der Waals surface area contributed by atoms with Gasteiger partial charge in [-0.3, -0.25) is 0 Å². The molecule has 0 aliphatic heterocycles. The van der Waals surface area contributed by atoms with Crippen LogP contribution in [0.3, 0.4) is 0 Å². The first-order valence-electron chi connectivity index (χ1n) is 4.30. The number of thiophene rings is 1. The van der Waals surface area contributed by atoms with E-state index in [1.807, 2.05) is 27.7 Å². The summed E-state index contributed by atoms with van der Waals surface area (Å²) in [5, 5.41) is 4.32. The van der Waals surface area contributed by atoms with E-state index in [1.165, 1.54) is 11.1 Å². The monoisotopic (exact) mass is 172 g/mol. The van der Waals surface area contributed by atoms with Crippen LogP contribution in [0.1, 0.15) is 38.8 Å². The van der Waals surface area contributed by atoms with Crippen LogP contribution in [0.15, 0.2) is 10.8 Å². The van der Waals surface area contributed by atoms with Crippen molar-refractivity contribution >= 4 is 11.3 Å². The van der Waals surface area contributed by atoms with Crippen molar-refractivity contribution in [3.8, 4) is 0 Å². The molecule has 1 aromatic rings. The Morgan fingerprint density at radius 3 is 1.18 bits per heavy atom. The van der Waals surface area contributed by atoms with E-state index in [0.29, 0.717) is 0 Å². The molecule has 0 spiro atoms. The minimum absolute atomic E-state index is 1.41. The first kappa shape index (κ1) is 13.3. The van der Waals surface area contributed by atoms with Gasteiger partial charge in [0.1, 0.15) is 0 Å². The topological polar surface area (TPSA) is 0 Å². The molecule has 0 bridgehead atoms. The van der Waals surface area contributed by atoms with Crippen molar-refractivity contribution in [2.75, 3.05) is 0 Å². The molecule has 0 aliphatic rings. The van der Waals surface area contributed by atoms with Crippen LogP contribution in [0.4, 0.5) is 0 Å². The van der Waals surface area contributed by atoms with Gasteiger partial charge in [-0.05, 0) is 35.7 Å². The van der Waals surface area contributed by atoms with Crippen molar-refractivity contribution in [2.45, 2.75) is 41.5 Å². The van der Waals surface area contributed by atoms with Crippen LogP contribution in [-0.2, 0) is 0 Å². The highest BCUT2D eigenvalue weighted by Crippen LogP contribution is 2.10. The van der Waals surface area contributed by atoms with E-state index < -0.39 is 0 Å². The standard InChI is InChI=1S/C6H8S.2C2H6/c1-5-3-7-4-6(5)2;2*1-2/h3-4H,1-2H3;2*1-2H3. The van der Waals surface area contributed by atoms with Gasteiger partial charge in [0.25, 0.3) is 0 Å². The molecular weight excluding hydrogens is 152 g/mol. The molecule has 0 atom stereocenters. The number of rotatable bonds is 0. The second-order valence-electron chi connectivity index (χ2n) is 1.74. The molecule has 0 saturated heterocycles. The molecule has 1 heterocycles. The van der Waals surface area contributed by atoms with Gasteiger partial charge in [-0.1, -0.05) is 27.7 Å². The first-order valence-corrected chi connectivity index (χ1v) is 5.24. The SMILES string of the molecule is CC.CC.Cc1cscc1C. The predicted molar refractivity (Wildman–Crippen MR) is 56.5 cm³/mol. The Hall–Kier alpha value is -0.300. The smallest absolute Gasteiger partial charge is 0.00613 e. The van der Waals surface area contributed by atoms with Crippen LogP contribution in [0.5, 0.6) is 0 Å². The quantitative estimate of drug-likeness (QED) is 0.543. The lowest BCUT2D eigenvalue weighted by atomic mass is 10.2. The van der Waals surface area contributed by atoms with Gasteiger partial charge in [0.05, 0.1) is 0 Å². The highest BCUT2D eigenvalue weighted by atomic mass is 32.1. The summed E-state index contributed by atoms with van der Waals surface area (Å²) in [4.78, 5) is 0. The van der Waals surface area contributed by atoms with Crippen molar-refractivity contribution in [1.29, 1.82) is 0 Å². The minimum Gasteiger partial charge on any atom is -0.152 e. The molecule has 1 aromatic heterocycles. The summed E-state index contributed by atoms with van der Waals surface area (Å²) in [6, 6.07) is 0. The lowest BCUT2D eigenvalue weighted by Gasteiger charge is -1.79. The van der Waals surface area contributed by atoms with E-state index in [4.69, 9.17) is 0 Å². The van der Waals surface area contributed by atoms with E-state index in [0.717, 1.165) is 0 Å². The third-order valence-corrected chi connectivity index (χ3v) is 2.09. The van der Waals surface area contributed by atoms with Gasteiger partial charge in [-0.15, -0.1) is 0 Å². The Kier molecular flexibility index (Phi) is 11.7. The molecule has 11 heavy (non-hydrogen) atoms. The molecule has 0 unspecified atom stereocenters. The fraction of sp³-hybridized carbons (Fsp3) is 0.600. The van der Waals surface area contributed by atoms with Crippen molar-refractivity contribution in [3.05, 3.63) is 21.9 Å². The average molecular weight is 172 g/mol. The summed E-state index contributed by atoms with van der Waals surface area (Å²) in [5.41, 5.74) is 2.81. The van der Waals surface area contributed by atoms with Crippen LogP contribution >= 0.6 is 11.3 Å². The Labute approximate surface area is 75.3 Å². The predicted octanol–water partition coefficient (Wildman–Crippen LogP) is 4.42. The fourth-order valence-electron chi connectivity index (χ4n) is 0.424. The highest BCUT2D eigenvalue weighted by molar-refractivity contribution is 7.08. The van der Waals surface area contributed by atoms with Crippen LogP contribution < -0.4 is 0 Å². The fourth-order valence-corrected chi connectivity index (χ4v) is 1.27. The molecule has 0 aromatic carbocycles. The Morgan fingerprint density at radius 1 is 0.818 bits per heavy atom. The molecule has 0 saturated carbocycles. The molecule has 0 aliphatic carbocycles. The molecule has 66 valence electrons. The number of hydrogen-bond donors (Lipinski definition) is 0.